The summed E-state index contributed by atoms with van der Waals surface area (Å²) in [5, 5.41) is 7.15. The minimum Gasteiger partial charge on any atom is -0.464 e. The second kappa shape index (κ2) is 4.50. The van der Waals surface area contributed by atoms with E-state index < -0.39 is 11.8 Å². The fourth-order valence-corrected chi connectivity index (χ4v) is 0.855. The van der Waals surface area contributed by atoms with Gasteiger partial charge in [-0.05, 0) is 0 Å². The number of carbonyl (C=O) groups excluding carboxylic acids is 1. The fourth-order valence-electron chi connectivity index (χ4n) is 0.855. The molecule has 0 aliphatic heterocycles. The third-order valence-electron chi connectivity index (χ3n) is 1.67. The number of ether oxygens (including phenoxy) is 1. The van der Waals surface area contributed by atoms with Crippen LogP contribution in [0.15, 0.2) is 30.8 Å². The zero-order chi connectivity index (χ0) is 11.4. The topological polar surface area (TPSA) is 57.0 Å². The van der Waals surface area contributed by atoms with Crippen LogP contribution in [0.25, 0.3) is 0 Å². The number of rotatable bonds is 4. The van der Waals surface area contributed by atoms with Crippen molar-refractivity contribution in [3.63, 3.8) is 0 Å². The summed E-state index contributed by atoms with van der Waals surface area (Å²) in [5.74, 6) is -1.21. The molecule has 0 radical (unpaired) electrons. The Bertz CT molecular complexity index is 411. The molecule has 0 spiro atoms. The lowest BCUT2D eigenvalue weighted by atomic mass is 10.3. The van der Waals surface area contributed by atoms with E-state index in [2.05, 4.69) is 28.2 Å². The molecule has 0 N–H and O–H groups in total. The van der Waals surface area contributed by atoms with Crippen molar-refractivity contribution in [1.29, 1.82) is 0 Å². The number of hydrogen-bond donors (Lipinski definition) is 0. The molecule has 0 fully saturated rings. The van der Waals surface area contributed by atoms with Gasteiger partial charge in [0, 0.05) is 5.57 Å². The summed E-state index contributed by atoms with van der Waals surface area (Å²) >= 11 is 0. The van der Waals surface area contributed by atoms with Crippen molar-refractivity contribution < 1.29 is 13.9 Å². The van der Waals surface area contributed by atoms with E-state index in [1.807, 2.05) is 0 Å². The van der Waals surface area contributed by atoms with Crippen LogP contribution in [0.3, 0.4) is 0 Å². The lowest BCUT2D eigenvalue weighted by Crippen LogP contribution is -2.02. The lowest BCUT2D eigenvalue weighted by Gasteiger charge is -2.00. The van der Waals surface area contributed by atoms with E-state index in [1.165, 1.54) is 18.0 Å². The maximum Gasteiger partial charge on any atom is 0.360 e. The molecule has 0 aliphatic rings. The standard InChI is InChI=1S/C9H10FN3O2/c1-6(7(2)10)4-13-5-8(11-12-13)9(14)15-3/h5H,1-2,4H2,3H3. The molecule has 5 nitrogen and oxygen atoms in total. The lowest BCUT2D eigenvalue weighted by molar-refractivity contribution is 0.0594. The van der Waals surface area contributed by atoms with E-state index in [0.29, 0.717) is 0 Å². The third-order valence-corrected chi connectivity index (χ3v) is 1.67. The maximum absolute atomic E-state index is 12.6. The minimum absolute atomic E-state index is 0.0646. The maximum atomic E-state index is 12.6. The van der Waals surface area contributed by atoms with Gasteiger partial charge in [0.2, 0.25) is 0 Å². The quantitative estimate of drug-likeness (QED) is 0.552. The number of esters is 1. The van der Waals surface area contributed by atoms with Crippen molar-refractivity contribution >= 4 is 5.97 Å². The largest absolute Gasteiger partial charge is 0.464 e. The Kier molecular flexibility index (Phi) is 3.33. The van der Waals surface area contributed by atoms with Crippen molar-refractivity contribution in [2.24, 2.45) is 0 Å². The number of aromatic nitrogens is 3. The predicted octanol–water partition coefficient (Wildman–Crippen LogP) is 1.10. The second-order valence-corrected chi connectivity index (χ2v) is 2.80. The van der Waals surface area contributed by atoms with Crippen molar-refractivity contribution in [3.05, 3.63) is 36.4 Å². The molecular formula is C9H10FN3O2. The van der Waals surface area contributed by atoms with Gasteiger partial charge in [0.05, 0.1) is 19.9 Å². The Morgan fingerprint density at radius 1 is 1.67 bits per heavy atom. The Morgan fingerprint density at radius 3 is 2.87 bits per heavy atom. The molecule has 15 heavy (non-hydrogen) atoms. The highest BCUT2D eigenvalue weighted by atomic mass is 19.1. The van der Waals surface area contributed by atoms with E-state index >= 15 is 0 Å². The van der Waals surface area contributed by atoms with Crippen molar-refractivity contribution in [1.82, 2.24) is 15.0 Å². The summed E-state index contributed by atoms with van der Waals surface area (Å²) < 4.78 is 18.3. The van der Waals surface area contributed by atoms with Crippen LogP contribution in [0.1, 0.15) is 10.5 Å². The molecule has 80 valence electrons. The van der Waals surface area contributed by atoms with Crippen LogP contribution >= 0.6 is 0 Å². The summed E-state index contributed by atoms with van der Waals surface area (Å²) in [5.41, 5.74) is 0.242. The molecule has 0 saturated heterocycles. The van der Waals surface area contributed by atoms with E-state index in [4.69, 9.17) is 0 Å². The number of halogens is 1. The molecule has 0 atom stereocenters. The van der Waals surface area contributed by atoms with Gasteiger partial charge in [-0.2, -0.15) is 0 Å². The average Bonchev–Trinajstić information content (AvgIpc) is 2.65. The SMILES string of the molecule is C=C(F)C(=C)Cn1cc(C(=O)OC)nn1. The molecular weight excluding hydrogens is 201 g/mol. The monoisotopic (exact) mass is 211 g/mol. The Morgan fingerprint density at radius 2 is 2.33 bits per heavy atom. The molecule has 0 bridgehead atoms. The van der Waals surface area contributed by atoms with Gasteiger partial charge < -0.3 is 4.74 Å². The molecule has 1 rings (SSSR count). The molecule has 0 aromatic carbocycles. The normalized spacial score (nSPS) is 9.73. The van der Waals surface area contributed by atoms with Crippen LogP contribution in [0.4, 0.5) is 4.39 Å². The van der Waals surface area contributed by atoms with Gasteiger partial charge >= 0.3 is 5.97 Å². The number of allylic oxidation sites excluding steroid dienone is 2. The summed E-state index contributed by atoms with van der Waals surface area (Å²) in [6.07, 6.45) is 1.35. The molecule has 0 unspecified atom stereocenters. The average molecular weight is 211 g/mol. The molecule has 0 aliphatic carbocycles. The second-order valence-electron chi connectivity index (χ2n) is 2.80. The van der Waals surface area contributed by atoms with E-state index in [9.17, 15) is 9.18 Å². The Hall–Kier alpha value is -1.98. The minimum atomic E-state index is -0.620. The van der Waals surface area contributed by atoms with Crippen LogP contribution < -0.4 is 0 Å². The van der Waals surface area contributed by atoms with E-state index in [0.717, 1.165) is 0 Å². The summed E-state index contributed by atoms with van der Waals surface area (Å²) in [6, 6.07) is 0. The Balaban J connectivity index is 2.73. The van der Waals surface area contributed by atoms with E-state index in [1.54, 1.807) is 0 Å². The summed E-state index contributed by atoms with van der Waals surface area (Å²) in [7, 11) is 1.24. The van der Waals surface area contributed by atoms with Gasteiger partial charge in [-0.25, -0.2) is 13.9 Å². The van der Waals surface area contributed by atoms with Gasteiger partial charge in [0.15, 0.2) is 5.69 Å². The highest BCUT2D eigenvalue weighted by molar-refractivity contribution is 5.86. The molecule has 0 amide bonds. The zero-order valence-corrected chi connectivity index (χ0v) is 8.23. The first kappa shape index (κ1) is 11.1. The summed E-state index contributed by atoms with van der Waals surface area (Å²) in [6.45, 7) is 6.63. The van der Waals surface area contributed by atoms with Crippen molar-refractivity contribution in [2.45, 2.75) is 6.54 Å². The Labute approximate surface area is 85.8 Å². The van der Waals surface area contributed by atoms with Gasteiger partial charge in [0.1, 0.15) is 5.83 Å². The molecule has 1 aromatic rings. The van der Waals surface area contributed by atoms with Gasteiger partial charge in [0.25, 0.3) is 0 Å². The van der Waals surface area contributed by atoms with Crippen molar-refractivity contribution in [3.8, 4) is 0 Å². The first-order chi connectivity index (χ1) is 7.04. The fraction of sp³-hybridized carbons (Fsp3) is 0.222. The van der Waals surface area contributed by atoms with Crippen LogP contribution in [0, 0.1) is 0 Å². The van der Waals surface area contributed by atoms with E-state index in [-0.39, 0.29) is 17.8 Å². The first-order valence-corrected chi connectivity index (χ1v) is 4.05. The number of nitrogens with zero attached hydrogens (tertiary/aromatic N) is 3. The highest BCUT2D eigenvalue weighted by Crippen LogP contribution is 2.08. The van der Waals surface area contributed by atoms with Gasteiger partial charge in [-0.1, -0.05) is 18.4 Å². The third kappa shape index (κ3) is 2.73. The smallest absolute Gasteiger partial charge is 0.360 e. The van der Waals surface area contributed by atoms with Gasteiger partial charge in [-0.3, -0.25) is 0 Å². The highest BCUT2D eigenvalue weighted by Gasteiger charge is 2.11. The zero-order valence-electron chi connectivity index (χ0n) is 8.23. The van der Waals surface area contributed by atoms with Crippen LogP contribution in [0.5, 0.6) is 0 Å². The molecule has 1 aromatic heterocycles. The molecule has 6 heteroatoms. The van der Waals surface area contributed by atoms with Crippen molar-refractivity contribution in [2.75, 3.05) is 7.11 Å². The first-order valence-electron chi connectivity index (χ1n) is 4.05. The van der Waals surface area contributed by atoms with Crippen LogP contribution in [0.2, 0.25) is 0 Å². The molecule has 1 heterocycles. The number of carbonyl (C=O) groups is 1. The number of hydrogen-bond acceptors (Lipinski definition) is 4. The summed E-state index contributed by atoms with van der Waals surface area (Å²) in [4.78, 5) is 11.0. The number of methoxy groups -OCH3 is 1. The van der Waals surface area contributed by atoms with Crippen LogP contribution in [-0.2, 0) is 11.3 Å². The van der Waals surface area contributed by atoms with Gasteiger partial charge in [-0.15, -0.1) is 5.10 Å². The van der Waals surface area contributed by atoms with Crippen LogP contribution in [-0.4, -0.2) is 28.1 Å². The molecule has 0 saturated carbocycles. The predicted molar refractivity (Wildman–Crippen MR) is 50.7 cm³/mol.